The fourth-order valence-corrected chi connectivity index (χ4v) is 3.64. The van der Waals surface area contributed by atoms with Crippen molar-refractivity contribution in [2.75, 3.05) is 26.3 Å². The molecule has 9 nitrogen and oxygen atoms in total. The second-order valence-electron chi connectivity index (χ2n) is 7.32. The first-order chi connectivity index (χ1) is 15.2. The summed E-state index contributed by atoms with van der Waals surface area (Å²) in [6.07, 6.45) is 3.32. The normalized spacial score (nSPS) is 19.0. The molecule has 2 aromatic rings. The van der Waals surface area contributed by atoms with Gasteiger partial charge in [-0.25, -0.2) is 4.79 Å². The fraction of sp³-hybridized carbons (Fsp3) is 0.450. The maximum atomic E-state index is 12.4. The molecule has 1 atom stereocenters. The molecule has 1 unspecified atom stereocenters. The Hall–Kier alpha value is -3.28. The Balaban J connectivity index is 0.000000360. The highest BCUT2D eigenvalue weighted by Gasteiger charge is 2.54. The van der Waals surface area contributed by atoms with Gasteiger partial charge in [0.2, 0.25) is 0 Å². The highest BCUT2D eigenvalue weighted by atomic mass is 19.4. The fourth-order valence-electron chi connectivity index (χ4n) is 3.64. The van der Waals surface area contributed by atoms with Crippen LogP contribution in [-0.2, 0) is 9.53 Å². The number of rotatable bonds is 5. The second-order valence-corrected chi connectivity index (χ2v) is 7.32. The largest absolute Gasteiger partial charge is 0.492 e. The molecule has 0 radical (unpaired) electrons. The Morgan fingerprint density at radius 2 is 1.97 bits per heavy atom. The number of ether oxygens (including phenoxy) is 2. The molecule has 0 aliphatic carbocycles. The number of carbonyl (C=O) groups is 2. The van der Waals surface area contributed by atoms with Gasteiger partial charge in [0.25, 0.3) is 5.91 Å². The van der Waals surface area contributed by atoms with Crippen LogP contribution in [0.15, 0.2) is 43.0 Å². The van der Waals surface area contributed by atoms with Gasteiger partial charge in [0.05, 0.1) is 43.9 Å². The molecule has 1 spiro atoms. The zero-order chi connectivity index (χ0) is 23.2. The molecule has 12 heteroatoms. The van der Waals surface area contributed by atoms with E-state index in [0.29, 0.717) is 31.2 Å². The van der Waals surface area contributed by atoms with Crippen LogP contribution in [0.5, 0.6) is 5.75 Å². The molecule has 4 rings (SSSR count). The van der Waals surface area contributed by atoms with Crippen molar-refractivity contribution in [2.45, 2.75) is 24.6 Å². The van der Waals surface area contributed by atoms with E-state index in [1.807, 2.05) is 17.0 Å². The molecule has 2 fully saturated rings. The Labute approximate surface area is 181 Å². The summed E-state index contributed by atoms with van der Waals surface area (Å²) in [4.78, 5) is 27.2. The summed E-state index contributed by atoms with van der Waals surface area (Å²) in [6, 6.07) is 5.45. The minimum atomic E-state index is -5.08. The predicted molar refractivity (Wildman–Crippen MR) is 103 cm³/mol. The van der Waals surface area contributed by atoms with Gasteiger partial charge in [0.1, 0.15) is 11.4 Å². The maximum absolute atomic E-state index is 12.4. The number of halogens is 3. The first kappa shape index (κ1) is 23.4. The molecule has 0 bridgehead atoms. The van der Waals surface area contributed by atoms with Gasteiger partial charge in [-0.15, -0.1) is 0 Å². The third-order valence-electron chi connectivity index (χ3n) is 5.25. The number of likely N-dealkylation sites (tertiary alicyclic amines) is 1. The van der Waals surface area contributed by atoms with Crippen LogP contribution < -0.4 is 4.74 Å². The number of carboxylic acids is 1. The number of aromatic nitrogens is 3. The van der Waals surface area contributed by atoms with E-state index >= 15 is 0 Å². The van der Waals surface area contributed by atoms with E-state index in [4.69, 9.17) is 19.4 Å². The van der Waals surface area contributed by atoms with E-state index < -0.39 is 12.1 Å². The van der Waals surface area contributed by atoms with Crippen molar-refractivity contribution in [3.05, 3.63) is 48.5 Å². The van der Waals surface area contributed by atoms with E-state index in [0.717, 1.165) is 25.2 Å². The third kappa shape index (κ3) is 5.69. The lowest BCUT2D eigenvalue weighted by Crippen LogP contribution is -2.66. The van der Waals surface area contributed by atoms with Gasteiger partial charge in [-0.2, -0.15) is 23.4 Å². The molecule has 1 amide bonds. The van der Waals surface area contributed by atoms with Crippen LogP contribution in [0.2, 0.25) is 0 Å². The highest BCUT2D eigenvalue weighted by molar-refractivity contribution is 5.94. The molecule has 4 heterocycles. The molecule has 0 saturated carbocycles. The molecule has 2 aliphatic heterocycles. The van der Waals surface area contributed by atoms with E-state index in [9.17, 15) is 18.0 Å². The first-order valence-electron chi connectivity index (χ1n) is 9.74. The van der Waals surface area contributed by atoms with Crippen LogP contribution in [0.4, 0.5) is 13.2 Å². The molecule has 2 aliphatic rings. The first-order valence-corrected chi connectivity index (χ1v) is 9.74. The van der Waals surface area contributed by atoms with Gasteiger partial charge in [0.15, 0.2) is 0 Å². The topological polar surface area (TPSA) is 115 Å². The molecule has 0 aromatic carbocycles. The van der Waals surface area contributed by atoms with Crippen molar-refractivity contribution in [2.24, 2.45) is 5.92 Å². The standard InChI is InChI=1S/C18H20N4O3.C2HF3O2/c23-17(14-3-7-20-21-10-14)22-12-18(13-22)15(5-9-25-18)4-8-24-16-2-1-6-19-11-16;3-2(4,5)1(6)7/h1-3,6-7,10-11,15H,4-5,8-9,12-13H2;(H,6,7). The average Bonchev–Trinajstić information content (AvgIpc) is 3.17. The molecule has 1 N–H and O–H groups in total. The van der Waals surface area contributed by atoms with Gasteiger partial charge in [-0.05, 0) is 37.0 Å². The number of nitrogens with zero attached hydrogens (tertiary/aromatic N) is 4. The number of aliphatic carboxylic acids is 1. The summed E-state index contributed by atoms with van der Waals surface area (Å²) in [5.41, 5.74) is 0.355. The summed E-state index contributed by atoms with van der Waals surface area (Å²) in [6.45, 7) is 2.64. The lowest BCUT2D eigenvalue weighted by molar-refractivity contribution is -0.192. The molecular weight excluding hydrogens is 433 g/mol. The summed E-state index contributed by atoms with van der Waals surface area (Å²) in [7, 11) is 0. The lowest BCUT2D eigenvalue weighted by atomic mass is 9.79. The van der Waals surface area contributed by atoms with Crippen molar-refractivity contribution in [3.8, 4) is 5.75 Å². The number of carbonyl (C=O) groups excluding carboxylic acids is 1. The number of pyridine rings is 1. The van der Waals surface area contributed by atoms with E-state index in [1.165, 1.54) is 12.4 Å². The van der Waals surface area contributed by atoms with Gasteiger partial charge in [-0.1, -0.05) is 0 Å². The molecule has 32 heavy (non-hydrogen) atoms. The van der Waals surface area contributed by atoms with Crippen molar-refractivity contribution >= 4 is 11.9 Å². The minimum Gasteiger partial charge on any atom is -0.492 e. The summed E-state index contributed by atoms with van der Waals surface area (Å²) in [5.74, 6) is -1.58. The SMILES string of the molecule is O=C(O)C(F)(F)F.O=C(c1ccnnc1)N1CC2(C1)OCCC2CCOc1cccnc1. The van der Waals surface area contributed by atoms with Gasteiger partial charge in [0, 0.05) is 12.8 Å². The molecule has 2 saturated heterocycles. The van der Waals surface area contributed by atoms with Crippen molar-refractivity contribution < 1.29 is 37.3 Å². The van der Waals surface area contributed by atoms with Crippen LogP contribution >= 0.6 is 0 Å². The Morgan fingerprint density at radius 1 is 1.22 bits per heavy atom. The predicted octanol–water partition coefficient (Wildman–Crippen LogP) is 2.21. The van der Waals surface area contributed by atoms with Crippen LogP contribution in [-0.4, -0.2) is 75.1 Å². The van der Waals surface area contributed by atoms with Crippen molar-refractivity contribution in [1.29, 1.82) is 0 Å². The number of hydrogen-bond acceptors (Lipinski definition) is 7. The molecule has 172 valence electrons. The van der Waals surface area contributed by atoms with E-state index in [-0.39, 0.29) is 11.5 Å². The number of hydrogen-bond donors (Lipinski definition) is 1. The Bertz CT molecular complexity index is 908. The number of carboxylic acid groups (broad SMARTS) is 1. The van der Waals surface area contributed by atoms with Gasteiger partial charge < -0.3 is 19.5 Å². The van der Waals surface area contributed by atoms with Gasteiger partial charge >= 0.3 is 12.1 Å². The van der Waals surface area contributed by atoms with Gasteiger partial charge in [-0.3, -0.25) is 9.78 Å². The van der Waals surface area contributed by atoms with Crippen LogP contribution in [0.1, 0.15) is 23.2 Å². The summed E-state index contributed by atoms with van der Waals surface area (Å²) in [5, 5.41) is 14.6. The second kappa shape index (κ2) is 9.90. The Kier molecular flexibility index (Phi) is 7.23. The maximum Gasteiger partial charge on any atom is 0.490 e. The zero-order valence-corrected chi connectivity index (χ0v) is 16.9. The quantitative estimate of drug-likeness (QED) is 0.731. The average molecular weight is 454 g/mol. The monoisotopic (exact) mass is 454 g/mol. The minimum absolute atomic E-state index is 0.0126. The molecule has 2 aromatic heterocycles. The number of alkyl halides is 3. The smallest absolute Gasteiger partial charge is 0.490 e. The molecular formula is C20H21F3N4O5. The van der Waals surface area contributed by atoms with Crippen LogP contribution in [0, 0.1) is 5.92 Å². The third-order valence-corrected chi connectivity index (χ3v) is 5.25. The zero-order valence-electron chi connectivity index (χ0n) is 16.9. The van der Waals surface area contributed by atoms with E-state index in [1.54, 1.807) is 18.5 Å². The van der Waals surface area contributed by atoms with Crippen LogP contribution in [0.3, 0.4) is 0 Å². The summed E-state index contributed by atoms with van der Waals surface area (Å²) < 4.78 is 43.5. The highest BCUT2D eigenvalue weighted by Crippen LogP contribution is 2.42. The van der Waals surface area contributed by atoms with E-state index in [2.05, 4.69) is 15.2 Å². The van der Waals surface area contributed by atoms with Crippen LogP contribution in [0.25, 0.3) is 0 Å². The summed E-state index contributed by atoms with van der Waals surface area (Å²) >= 11 is 0. The van der Waals surface area contributed by atoms with Crippen molar-refractivity contribution in [3.63, 3.8) is 0 Å². The Morgan fingerprint density at radius 3 is 2.56 bits per heavy atom. The van der Waals surface area contributed by atoms with Crippen molar-refractivity contribution in [1.82, 2.24) is 20.1 Å². The number of amides is 1. The lowest BCUT2D eigenvalue weighted by Gasteiger charge is -2.50.